The third-order valence-electron chi connectivity index (χ3n) is 5.35. The summed E-state index contributed by atoms with van der Waals surface area (Å²) >= 11 is 0. The predicted molar refractivity (Wildman–Crippen MR) is 118 cm³/mol. The number of aromatic nitrogens is 1. The Morgan fingerprint density at radius 2 is 1.54 bits per heavy atom. The number of benzene rings is 3. The summed E-state index contributed by atoms with van der Waals surface area (Å²) in [6.07, 6.45) is 4.38. The summed E-state index contributed by atoms with van der Waals surface area (Å²) in [4.78, 5) is 2.23. The Hall–Kier alpha value is -3.56. The van der Waals surface area contributed by atoms with Gasteiger partial charge in [0.25, 0.3) is 0 Å². The van der Waals surface area contributed by atoms with E-state index in [0.29, 0.717) is 6.67 Å². The van der Waals surface area contributed by atoms with Gasteiger partial charge in [-0.3, -0.25) is 0 Å². The summed E-state index contributed by atoms with van der Waals surface area (Å²) in [5, 5.41) is 3.43. The molecule has 0 fully saturated rings. The zero-order valence-electron chi connectivity index (χ0n) is 15.5. The van der Waals surface area contributed by atoms with Crippen LogP contribution in [-0.2, 0) is 6.67 Å². The molecule has 5 rings (SSSR count). The first-order valence-corrected chi connectivity index (χ1v) is 9.41. The Bertz CT molecular complexity index is 1310. The lowest BCUT2D eigenvalue weighted by Gasteiger charge is -2.25. The van der Waals surface area contributed by atoms with Crippen molar-refractivity contribution in [3.63, 3.8) is 0 Å². The molecule has 1 aromatic heterocycles. The third kappa shape index (κ3) is 2.48. The van der Waals surface area contributed by atoms with E-state index >= 15 is 0 Å². The average molecular weight is 363 g/mol. The lowest BCUT2D eigenvalue weighted by atomic mass is 10.0. The standard InChI is InChI=1S/C25H21N3/c1-18-15-22-21-12-6-8-14-24(21)28(17-26)25(22)16-27(19-9-3-2-4-10-19)23-13-7-5-11-20(18)23/h2-16H,1,17,26H2/b22-15-,25-16+. The zero-order valence-corrected chi connectivity index (χ0v) is 15.5. The van der Waals surface area contributed by atoms with E-state index in [1.807, 2.05) is 6.07 Å². The SMILES string of the molecule is C=C1/C=c2\c(n(CN)c3ccccc23)=C/N(c2ccccc2)c2ccccc21. The smallest absolute Gasteiger partial charge is 0.0707 e. The highest BCUT2D eigenvalue weighted by molar-refractivity contribution is 5.98. The second-order valence-electron chi connectivity index (χ2n) is 6.95. The molecule has 0 amide bonds. The molecule has 0 bridgehead atoms. The van der Waals surface area contributed by atoms with Gasteiger partial charge in [0.05, 0.1) is 23.2 Å². The third-order valence-corrected chi connectivity index (χ3v) is 5.35. The molecular formula is C25H21N3. The second-order valence-corrected chi connectivity index (χ2v) is 6.95. The van der Waals surface area contributed by atoms with Crippen LogP contribution < -0.4 is 21.2 Å². The van der Waals surface area contributed by atoms with Crippen LogP contribution in [0.5, 0.6) is 0 Å². The Morgan fingerprint density at radius 3 is 2.36 bits per heavy atom. The molecule has 0 unspecified atom stereocenters. The minimum absolute atomic E-state index is 0.414. The molecule has 2 heterocycles. The summed E-state index contributed by atoms with van der Waals surface area (Å²) in [6.45, 7) is 4.80. The molecule has 3 aromatic carbocycles. The monoisotopic (exact) mass is 363 g/mol. The van der Waals surface area contributed by atoms with Gasteiger partial charge < -0.3 is 15.2 Å². The van der Waals surface area contributed by atoms with Gasteiger partial charge in [0.1, 0.15) is 0 Å². The molecule has 0 radical (unpaired) electrons. The summed E-state index contributed by atoms with van der Waals surface area (Å²) in [7, 11) is 0. The highest BCUT2D eigenvalue weighted by Gasteiger charge is 2.17. The summed E-state index contributed by atoms with van der Waals surface area (Å²) in [6, 6.07) is 27.2. The van der Waals surface area contributed by atoms with Crippen molar-refractivity contribution >= 4 is 40.1 Å². The minimum atomic E-state index is 0.414. The molecule has 3 nitrogen and oxygen atoms in total. The average Bonchev–Trinajstić information content (AvgIpc) is 3.03. The van der Waals surface area contributed by atoms with Crippen molar-refractivity contribution in [3.8, 4) is 0 Å². The van der Waals surface area contributed by atoms with Gasteiger partial charge in [-0.2, -0.15) is 0 Å². The lowest BCUT2D eigenvalue weighted by Crippen LogP contribution is -2.35. The van der Waals surface area contributed by atoms with Crippen LogP contribution in [-0.4, -0.2) is 4.57 Å². The molecule has 0 spiro atoms. The van der Waals surface area contributed by atoms with E-state index in [1.54, 1.807) is 0 Å². The van der Waals surface area contributed by atoms with Crippen molar-refractivity contribution in [3.05, 3.63) is 102 Å². The number of fused-ring (bicyclic) bond motifs is 4. The van der Waals surface area contributed by atoms with E-state index in [1.165, 1.54) is 5.39 Å². The van der Waals surface area contributed by atoms with Crippen molar-refractivity contribution in [1.82, 2.24) is 4.57 Å². The molecule has 3 heteroatoms. The first kappa shape index (κ1) is 16.6. The fourth-order valence-electron chi connectivity index (χ4n) is 4.04. The van der Waals surface area contributed by atoms with Crippen LogP contribution in [0.2, 0.25) is 0 Å². The van der Waals surface area contributed by atoms with Crippen molar-refractivity contribution in [2.24, 2.45) is 5.73 Å². The molecule has 0 atom stereocenters. The normalized spacial score (nSPS) is 15.6. The number of hydrogen-bond donors (Lipinski definition) is 1. The van der Waals surface area contributed by atoms with Gasteiger partial charge in [-0.05, 0) is 35.9 Å². The number of allylic oxidation sites excluding steroid dienone is 1. The largest absolute Gasteiger partial charge is 0.326 e. The highest BCUT2D eigenvalue weighted by atomic mass is 15.1. The van der Waals surface area contributed by atoms with E-state index in [2.05, 4.69) is 101 Å². The fourth-order valence-corrected chi connectivity index (χ4v) is 4.04. The number of para-hydroxylation sites is 3. The van der Waals surface area contributed by atoms with E-state index in [-0.39, 0.29) is 0 Å². The predicted octanol–water partition coefficient (Wildman–Crippen LogP) is 3.94. The molecule has 4 aromatic rings. The Balaban J connectivity index is 1.95. The van der Waals surface area contributed by atoms with Crippen LogP contribution >= 0.6 is 0 Å². The molecular weight excluding hydrogens is 342 g/mol. The van der Waals surface area contributed by atoms with Crippen molar-refractivity contribution in [1.29, 1.82) is 0 Å². The number of anilines is 2. The molecule has 0 saturated carbocycles. The minimum Gasteiger partial charge on any atom is -0.326 e. The number of rotatable bonds is 2. The van der Waals surface area contributed by atoms with Crippen LogP contribution in [0, 0.1) is 0 Å². The van der Waals surface area contributed by atoms with Gasteiger partial charge in [0, 0.05) is 28.1 Å². The van der Waals surface area contributed by atoms with Crippen LogP contribution in [0.15, 0.2) is 85.4 Å². The Kier molecular flexibility index (Phi) is 3.89. The van der Waals surface area contributed by atoms with E-state index < -0.39 is 0 Å². The van der Waals surface area contributed by atoms with Crippen LogP contribution in [0.25, 0.3) is 28.8 Å². The number of nitrogens with two attached hydrogens (primary N) is 1. The Labute approximate surface area is 163 Å². The van der Waals surface area contributed by atoms with Crippen LogP contribution in [0.4, 0.5) is 11.4 Å². The molecule has 1 aliphatic heterocycles. The van der Waals surface area contributed by atoms with Gasteiger partial charge in [0.15, 0.2) is 0 Å². The van der Waals surface area contributed by atoms with Gasteiger partial charge in [0.2, 0.25) is 0 Å². The van der Waals surface area contributed by atoms with Gasteiger partial charge in [-0.1, -0.05) is 61.2 Å². The maximum absolute atomic E-state index is 6.18. The van der Waals surface area contributed by atoms with Crippen molar-refractivity contribution in [2.45, 2.75) is 6.67 Å². The molecule has 28 heavy (non-hydrogen) atoms. The second kappa shape index (κ2) is 6.55. The van der Waals surface area contributed by atoms with Crippen LogP contribution in [0.1, 0.15) is 5.56 Å². The van der Waals surface area contributed by atoms with Crippen LogP contribution in [0.3, 0.4) is 0 Å². The molecule has 0 saturated heterocycles. The zero-order chi connectivity index (χ0) is 19.1. The van der Waals surface area contributed by atoms with E-state index in [0.717, 1.165) is 38.6 Å². The van der Waals surface area contributed by atoms with Crippen molar-refractivity contribution in [2.75, 3.05) is 4.90 Å². The summed E-state index contributed by atoms with van der Waals surface area (Å²) in [5.41, 5.74) is 11.6. The number of nitrogens with zero attached hydrogens (tertiary/aromatic N) is 2. The molecule has 0 aliphatic carbocycles. The van der Waals surface area contributed by atoms with Gasteiger partial charge in [-0.25, -0.2) is 0 Å². The maximum atomic E-state index is 6.18. The van der Waals surface area contributed by atoms with E-state index in [9.17, 15) is 0 Å². The summed E-state index contributed by atoms with van der Waals surface area (Å²) in [5.74, 6) is 0. The van der Waals surface area contributed by atoms with Crippen molar-refractivity contribution < 1.29 is 0 Å². The topological polar surface area (TPSA) is 34.2 Å². The Morgan fingerprint density at radius 1 is 0.821 bits per heavy atom. The molecule has 1 aliphatic rings. The van der Waals surface area contributed by atoms with Gasteiger partial charge >= 0.3 is 0 Å². The maximum Gasteiger partial charge on any atom is 0.0707 e. The molecule has 136 valence electrons. The van der Waals surface area contributed by atoms with E-state index in [4.69, 9.17) is 5.73 Å². The highest BCUT2D eigenvalue weighted by Crippen LogP contribution is 2.33. The molecule has 2 N–H and O–H groups in total. The number of hydrogen-bond acceptors (Lipinski definition) is 2. The summed E-state index contributed by atoms with van der Waals surface area (Å²) < 4.78 is 2.16. The first-order chi connectivity index (χ1) is 13.8. The first-order valence-electron chi connectivity index (χ1n) is 9.41. The fraction of sp³-hybridized carbons (Fsp3) is 0.0400. The quantitative estimate of drug-likeness (QED) is 0.585. The lowest BCUT2D eigenvalue weighted by molar-refractivity contribution is 0.739. The van der Waals surface area contributed by atoms with Gasteiger partial charge in [-0.15, -0.1) is 0 Å².